The number of carbonyl (C=O) groups is 1. The van der Waals surface area contributed by atoms with Crippen molar-refractivity contribution < 1.29 is 26.4 Å². The molecule has 12 heteroatoms. The first-order valence-corrected chi connectivity index (χ1v) is 11.7. The number of aromatic nitrogens is 1. The predicted octanol–water partition coefficient (Wildman–Crippen LogP) is 2.25. The van der Waals surface area contributed by atoms with Crippen molar-refractivity contribution in [1.29, 1.82) is 0 Å². The van der Waals surface area contributed by atoms with Crippen LogP contribution in [0.15, 0.2) is 23.6 Å². The van der Waals surface area contributed by atoms with Crippen molar-refractivity contribution in [1.82, 2.24) is 19.5 Å². The van der Waals surface area contributed by atoms with E-state index in [9.17, 15) is 26.4 Å². The fraction of sp³-hybridized carbons (Fsp3) is 0.444. The monoisotopic (exact) mass is 462 g/mol. The molecule has 1 N–H and O–H groups in total. The molecule has 1 fully saturated rings. The zero-order chi connectivity index (χ0) is 22.2. The largest absolute Gasteiger partial charge is 0.331 e. The van der Waals surface area contributed by atoms with Crippen LogP contribution in [0, 0.1) is 11.6 Å². The van der Waals surface area contributed by atoms with E-state index in [1.807, 2.05) is 0 Å². The molecule has 1 saturated heterocycles. The molecular formula is C18H21F3N4O3S2. The van der Waals surface area contributed by atoms with Gasteiger partial charge in [0.2, 0.25) is 10.0 Å². The van der Waals surface area contributed by atoms with Crippen LogP contribution in [0.25, 0.3) is 10.6 Å². The maximum Gasteiger partial charge on any atom is 0.319 e. The molecule has 2 heterocycles. The topological polar surface area (TPSA) is 82.6 Å². The standard InChI is InChI=1S/C18H21F3N4O3S2/c1-24(2)18(26)25-8-14(21)16(23-30(3,27)28)15(25)7-13-9-29-17(22-13)10-4-11(19)6-12(20)5-10/h4-6,9,14-16,23H,7-8H2,1-3H3. The molecule has 164 valence electrons. The maximum absolute atomic E-state index is 14.7. The van der Waals surface area contributed by atoms with Crippen LogP contribution in [0.1, 0.15) is 5.69 Å². The van der Waals surface area contributed by atoms with Gasteiger partial charge in [0.25, 0.3) is 0 Å². The molecule has 0 spiro atoms. The molecule has 7 nitrogen and oxygen atoms in total. The van der Waals surface area contributed by atoms with Crippen molar-refractivity contribution in [3.63, 3.8) is 0 Å². The first-order chi connectivity index (χ1) is 13.9. The number of alkyl halides is 1. The average molecular weight is 463 g/mol. The van der Waals surface area contributed by atoms with Gasteiger partial charge in [0.1, 0.15) is 22.8 Å². The summed E-state index contributed by atoms with van der Waals surface area (Å²) in [4.78, 5) is 19.4. The third-order valence-electron chi connectivity index (χ3n) is 4.63. The molecule has 2 aromatic rings. The minimum atomic E-state index is -3.73. The number of hydrogen-bond donors (Lipinski definition) is 1. The number of amides is 2. The second kappa shape index (κ2) is 8.52. The molecule has 0 radical (unpaired) electrons. The second-order valence-corrected chi connectivity index (χ2v) is 9.97. The first kappa shape index (κ1) is 22.5. The van der Waals surface area contributed by atoms with Gasteiger partial charge in [0.05, 0.1) is 30.6 Å². The molecule has 0 bridgehead atoms. The lowest BCUT2D eigenvalue weighted by Gasteiger charge is -2.29. The van der Waals surface area contributed by atoms with Crippen molar-refractivity contribution in [2.45, 2.75) is 24.7 Å². The molecular weight excluding hydrogens is 441 g/mol. The van der Waals surface area contributed by atoms with E-state index in [2.05, 4.69) is 9.71 Å². The van der Waals surface area contributed by atoms with Crippen molar-refractivity contribution in [3.8, 4) is 10.6 Å². The van der Waals surface area contributed by atoms with E-state index in [1.54, 1.807) is 5.38 Å². The summed E-state index contributed by atoms with van der Waals surface area (Å²) in [5.74, 6) is -1.48. The van der Waals surface area contributed by atoms with Crippen molar-refractivity contribution in [2.75, 3.05) is 26.9 Å². The molecule has 3 atom stereocenters. The molecule has 1 aromatic heterocycles. The maximum atomic E-state index is 14.7. The Morgan fingerprint density at radius 1 is 1.30 bits per heavy atom. The number of halogens is 3. The lowest BCUT2D eigenvalue weighted by molar-refractivity contribution is 0.161. The van der Waals surface area contributed by atoms with E-state index in [1.165, 1.54) is 23.9 Å². The number of rotatable bonds is 5. The molecule has 1 aromatic carbocycles. The number of nitrogens with one attached hydrogen (secondary N) is 1. The first-order valence-electron chi connectivity index (χ1n) is 8.95. The predicted molar refractivity (Wildman–Crippen MR) is 107 cm³/mol. The number of nitrogens with zero attached hydrogens (tertiary/aromatic N) is 3. The molecule has 2 amide bonds. The average Bonchev–Trinajstić information content (AvgIpc) is 3.19. The smallest absolute Gasteiger partial charge is 0.319 e. The number of hydrogen-bond acceptors (Lipinski definition) is 5. The van der Waals surface area contributed by atoms with E-state index < -0.39 is 45.9 Å². The van der Waals surface area contributed by atoms with Crippen LogP contribution in [0.4, 0.5) is 18.0 Å². The number of likely N-dealkylation sites (tertiary alicyclic amines) is 1. The third-order valence-corrected chi connectivity index (χ3v) is 6.27. The third kappa shape index (κ3) is 5.10. The van der Waals surface area contributed by atoms with Gasteiger partial charge >= 0.3 is 6.03 Å². The highest BCUT2D eigenvalue weighted by Gasteiger charge is 2.46. The lowest BCUT2D eigenvalue weighted by atomic mass is 10.0. The van der Waals surface area contributed by atoms with Crippen LogP contribution in [0.3, 0.4) is 0 Å². The molecule has 1 aliphatic heterocycles. The summed E-state index contributed by atoms with van der Waals surface area (Å²) in [6.07, 6.45) is -0.599. The molecule has 3 unspecified atom stereocenters. The van der Waals surface area contributed by atoms with E-state index in [0.717, 1.165) is 35.8 Å². The van der Waals surface area contributed by atoms with Gasteiger partial charge in [-0.15, -0.1) is 11.3 Å². The van der Waals surface area contributed by atoms with Crippen LogP contribution in [0.2, 0.25) is 0 Å². The quantitative estimate of drug-likeness (QED) is 0.739. The van der Waals surface area contributed by atoms with Gasteiger partial charge < -0.3 is 9.80 Å². The highest BCUT2D eigenvalue weighted by Crippen LogP contribution is 2.29. The molecule has 0 aliphatic carbocycles. The van der Waals surface area contributed by atoms with Crippen LogP contribution in [-0.4, -0.2) is 74.4 Å². The van der Waals surface area contributed by atoms with Gasteiger partial charge in [-0.3, -0.25) is 0 Å². The van der Waals surface area contributed by atoms with Gasteiger partial charge in [0.15, 0.2) is 0 Å². The summed E-state index contributed by atoms with van der Waals surface area (Å²) in [7, 11) is -0.691. The molecule has 1 aliphatic rings. The Kier molecular flexibility index (Phi) is 6.39. The normalized spacial score (nSPS) is 21.8. The summed E-state index contributed by atoms with van der Waals surface area (Å²) in [6.45, 7) is -0.263. The van der Waals surface area contributed by atoms with E-state index in [4.69, 9.17) is 0 Å². The number of sulfonamides is 1. The SMILES string of the molecule is CN(C)C(=O)N1CC(F)C(NS(C)(=O)=O)C1Cc1csc(-c2cc(F)cc(F)c2)n1. The van der Waals surface area contributed by atoms with Crippen molar-refractivity contribution in [3.05, 3.63) is 40.9 Å². The van der Waals surface area contributed by atoms with E-state index in [0.29, 0.717) is 10.7 Å². The second-order valence-electron chi connectivity index (χ2n) is 7.33. The fourth-order valence-corrected chi connectivity index (χ4v) is 5.03. The minimum Gasteiger partial charge on any atom is -0.331 e. The number of benzene rings is 1. The van der Waals surface area contributed by atoms with Crippen LogP contribution in [-0.2, 0) is 16.4 Å². The highest BCUT2D eigenvalue weighted by atomic mass is 32.2. The fourth-order valence-electron chi connectivity index (χ4n) is 3.41. The zero-order valence-corrected chi connectivity index (χ0v) is 18.1. The number of thiazole rings is 1. The van der Waals surface area contributed by atoms with E-state index >= 15 is 0 Å². The Hall–Kier alpha value is -2.18. The Bertz CT molecular complexity index is 1020. The van der Waals surface area contributed by atoms with Crippen LogP contribution >= 0.6 is 11.3 Å². The summed E-state index contributed by atoms with van der Waals surface area (Å²) >= 11 is 1.14. The van der Waals surface area contributed by atoms with Gasteiger partial charge in [-0.05, 0) is 12.1 Å². The summed E-state index contributed by atoms with van der Waals surface area (Å²) in [5.41, 5.74) is 0.709. The van der Waals surface area contributed by atoms with Crippen molar-refractivity contribution in [2.24, 2.45) is 0 Å². The zero-order valence-electron chi connectivity index (χ0n) is 16.5. The molecule has 30 heavy (non-hydrogen) atoms. The Morgan fingerprint density at radius 3 is 2.50 bits per heavy atom. The minimum absolute atomic E-state index is 0.0709. The van der Waals surface area contributed by atoms with Gasteiger partial charge in [-0.2, -0.15) is 0 Å². The molecule has 0 saturated carbocycles. The van der Waals surface area contributed by atoms with Gasteiger partial charge in [-0.1, -0.05) is 0 Å². The van der Waals surface area contributed by atoms with Crippen LogP contribution in [0.5, 0.6) is 0 Å². The Labute approximate surface area is 176 Å². The Morgan fingerprint density at radius 2 is 1.93 bits per heavy atom. The summed E-state index contributed by atoms with van der Waals surface area (Å²) < 4.78 is 67.4. The van der Waals surface area contributed by atoms with Crippen LogP contribution < -0.4 is 4.72 Å². The number of urea groups is 1. The number of carbonyl (C=O) groups excluding carboxylic acids is 1. The van der Waals surface area contributed by atoms with E-state index in [-0.39, 0.29) is 18.5 Å². The lowest BCUT2D eigenvalue weighted by Crippen LogP contribution is -2.51. The molecule has 3 rings (SSSR count). The van der Waals surface area contributed by atoms with Gasteiger partial charge in [-0.25, -0.2) is 36.1 Å². The Balaban J connectivity index is 1.90. The highest BCUT2D eigenvalue weighted by molar-refractivity contribution is 7.88. The summed E-state index contributed by atoms with van der Waals surface area (Å²) in [6, 6.07) is 0.640. The van der Waals surface area contributed by atoms with Gasteiger partial charge in [0, 0.05) is 37.5 Å². The van der Waals surface area contributed by atoms with Crippen molar-refractivity contribution >= 4 is 27.4 Å². The summed E-state index contributed by atoms with van der Waals surface area (Å²) in [5, 5.41) is 2.00.